The number of hydrogen-bond donors (Lipinski definition) is 0. The van der Waals surface area contributed by atoms with Gasteiger partial charge in [0.1, 0.15) is 11.5 Å². The lowest BCUT2D eigenvalue weighted by atomic mass is 10.1. The second-order valence-electron chi connectivity index (χ2n) is 3.73. The summed E-state index contributed by atoms with van der Waals surface area (Å²) in [6.07, 6.45) is 0. The van der Waals surface area contributed by atoms with Crippen LogP contribution in [0, 0.1) is 0 Å². The Morgan fingerprint density at radius 2 is 1.94 bits per heavy atom. The smallest absolute Gasteiger partial charge is 0.180 e. The number of rotatable bonds is 5. The number of carbonyl (C=O) groups excluding carboxylic acids is 1. The summed E-state index contributed by atoms with van der Waals surface area (Å²) in [7, 11) is 6.83. The molecule has 0 N–H and O–H groups in total. The molecule has 88 valence electrons. The molecule has 0 fully saturated rings. The average Bonchev–Trinajstić information content (AvgIpc) is 2.27. The molecule has 0 bridgehead atoms. The van der Waals surface area contributed by atoms with Crippen molar-refractivity contribution in [3.63, 3.8) is 0 Å². The van der Waals surface area contributed by atoms with Gasteiger partial charge < -0.3 is 14.4 Å². The van der Waals surface area contributed by atoms with Crippen LogP contribution < -0.4 is 9.47 Å². The first-order valence-corrected chi connectivity index (χ1v) is 4.98. The quantitative estimate of drug-likeness (QED) is 0.708. The maximum Gasteiger partial charge on any atom is 0.180 e. The number of likely N-dealkylation sites (N-methyl/N-ethyl adjacent to an activating group) is 1. The first-order chi connectivity index (χ1) is 7.58. The number of ether oxygens (including phenoxy) is 2. The molecule has 0 amide bonds. The molecule has 0 saturated carbocycles. The average molecular weight is 223 g/mol. The summed E-state index contributed by atoms with van der Waals surface area (Å²) in [6.45, 7) is 0.364. The Hall–Kier alpha value is -1.55. The van der Waals surface area contributed by atoms with Gasteiger partial charge in [0.15, 0.2) is 5.78 Å². The highest BCUT2D eigenvalue weighted by Crippen LogP contribution is 2.24. The van der Waals surface area contributed by atoms with Crippen molar-refractivity contribution in [2.45, 2.75) is 0 Å². The fourth-order valence-electron chi connectivity index (χ4n) is 1.40. The Balaban J connectivity index is 2.99. The monoisotopic (exact) mass is 223 g/mol. The SMILES string of the molecule is COc1ccc(C(=O)CN(C)C)c(OC)c1. The number of methoxy groups -OCH3 is 2. The van der Waals surface area contributed by atoms with Crippen LogP contribution in [0.3, 0.4) is 0 Å². The van der Waals surface area contributed by atoms with Crippen LogP contribution in [0.4, 0.5) is 0 Å². The minimum atomic E-state index is 0.0319. The van der Waals surface area contributed by atoms with Crippen molar-refractivity contribution < 1.29 is 14.3 Å². The maximum absolute atomic E-state index is 11.9. The van der Waals surface area contributed by atoms with Crippen molar-refractivity contribution in [1.29, 1.82) is 0 Å². The van der Waals surface area contributed by atoms with E-state index in [0.717, 1.165) is 0 Å². The fourth-order valence-corrected chi connectivity index (χ4v) is 1.40. The van der Waals surface area contributed by atoms with Crippen LogP contribution >= 0.6 is 0 Å². The number of ketones is 1. The lowest BCUT2D eigenvalue weighted by Crippen LogP contribution is -2.22. The van der Waals surface area contributed by atoms with Gasteiger partial charge in [-0.25, -0.2) is 0 Å². The van der Waals surface area contributed by atoms with E-state index in [9.17, 15) is 4.79 Å². The summed E-state index contributed by atoms with van der Waals surface area (Å²) in [6, 6.07) is 5.19. The van der Waals surface area contributed by atoms with Crippen molar-refractivity contribution in [2.75, 3.05) is 34.9 Å². The second-order valence-corrected chi connectivity index (χ2v) is 3.73. The first-order valence-electron chi connectivity index (χ1n) is 4.98. The fraction of sp³-hybridized carbons (Fsp3) is 0.417. The molecule has 0 aliphatic carbocycles. The van der Waals surface area contributed by atoms with Gasteiger partial charge in [-0.3, -0.25) is 4.79 Å². The number of benzene rings is 1. The molecule has 0 heterocycles. The molecule has 1 rings (SSSR count). The molecule has 1 aromatic rings. The molecule has 0 unspecified atom stereocenters. The Morgan fingerprint density at radius 1 is 1.25 bits per heavy atom. The van der Waals surface area contributed by atoms with Gasteiger partial charge in [-0.15, -0.1) is 0 Å². The summed E-state index contributed by atoms with van der Waals surface area (Å²) in [4.78, 5) is 13.7. The highest BCUT2D eigenvalue weighted by atomic mass is 16.5. The summed E-state index contributed by atoms with van der Waals surface area (Å²) in [5.74, 6) is 1.26. The largest absolute Gasteiger partial charge is 0.497 e. The van der Waals surface area contributed by atoms with Crippen LogP contribution in [-0.4, -0.2) is 45.5 Å². The molecule has 0 aliphatic heterocycles. The van der Waals surface area contributed by atoms with Crippen molar-refractivity contribution in [2.24, 2.45) is 0 Å². The zero-order valence-corrected chi connectivity index (χ0v) is 10.1. The van der Waals surface area contributed by atoms with Gasteiger partial charge in [0.05, 0.1) is 26.3 Å². The van der Waals surface area contributed by atoms with Gasteiger partial charge in [0, 0.05) is 6.07 Å². The molecule has 0 atom stereocenters. The second kappa shape index (κ2) is 5.51. The minimum Gasteiger partial charge on any atom is -0.497 e. The normalized spacial score (nSPS) is 10.3. The van der Waals surface area contributed by atoms with Crippen LogP contribution in [-0.2, 0) is 0 Å². The standard InChI is InChI=1S/C12H17NO3/c1-13(2)8-11(14)10-6-5-9(15-3)7-12(10)16-4/h5-7H,8H2,1-4H3. The van der Waals surface area contributed by atoms with E-state index < -0.39 is 0 Å². The molecular formula is C12H17NO3. The summed E-state index contributed by atoms with van der Waals surface area (Å²) in [5.41, 5.74) is 0.581. The topological polar surface area (TPSA) is 38.8 Å². The molecule has 0 spiro atoms. The molecule has 0 aromatic heterocycles. The maximum atomic E-state index is 11.9. The number of Topliss-reactive ketones (excluding diaryl/α,β-unsaturated/α-hetero) is 1. The molecular weight excluding hydrogens is 206 g/mol. The minimum absolute atomic E-state index is 0.0319. The number of hydrogen-bond acceptors (Lipinski definition) is 4. The Morgan fingerprint density at radius 3 is 2.44 bits per heavy atom. The summed E-state index contributed by atoms with van der Waals surface area (Å²) >= 11 is 0. The van der Waals surface area contributed by atoms with Crippen molar-refractivity contribution in [3.05, 3.63) is 23.8 Å². The molecule has 0 saturated heterocycles. The summed E-state index contributed by atoms with van der Waals surface area (Å²) < 4.78 is 10.2. The van der Waals surface area contributed by atoms with E-state index in [1.165, 1.54) is 0 Å². The molecule has 1 aromatic carbocycles. The molecule has 4 heteroatoms. The molecule has 16 heavy (non-hydrogen) atoms. The van der Waals surface area contributed by atoms with Crippen LogP contribution in [0.1, 0.15) is 10.4 Å². The van der Waals surface area contributed by atoms with E-state index in [-0.39, 0.29) is 5.78 Å². The zero-order valence-electron chi connectivity index (χ0n) is 10.1. The van der Waals surface area contributed by atoms with Crippen LogP contribution in [0.5, 0.6) is 11.5 Å². The third-order valence-corrected chi connectivity index (χ3v) is 2.17. The van der Waals surface area contributed by atoms with E-state index in [4.69, 9.17) is 9.47 Å². The first kappa shape index (κ1) is 12.5. The van der Waals surface area contributed by atoms with Gasteiger partial charge >= 0.3 is 0 Å². The highest BCUT2D eigenvalue weighted by Gasteiger charge is 2.13. The van der Waals surface area contributed by atoms with Gasteiger partial charge in [-0.2, -0.15) is 0 Å². The Bertz CT molecular complexity index is 375. The van der Waals surface area contributed by atoms with Crippen molar-refractivity contribution >= 4 is 5.78 Å². The van der Waals surface area contributed by atoms with Gasteiger partial charge in [0.25, 0.3) is 0 Å². The van der Waals surface area contributed by atoms with Gasteiger partial charge in [-0.05, 0) is 26.2 Å². The van der Waals surface area contributed by atoms with E-state index in [1.807, 2.05) is 19.0 Å². The third-order valence-electron chi connectivity index (χ3n) is 2.17. The lowest BCUT2D eigenvalue weighted by molar-refractivity contribution is 0.0955. The molecule has 0 aliphatic rings. The third kappa shape index (κ3) is 2.97. The Kier molecular flexibility index (Phi) is 4.31. The van der Waals surface area contributed by atoms with Crippen LogP contribution in [0.15, 0.2) is 18.2 Å². The number of nitrogens with zero attached hydrogens (tertiary/aromatic N) is 1. The van der Waals surface area contributed by atoms with Crippen molar-refractivity contribution in [3.8, 4) is 11.5 Å². The Labute approximate surface area is 95.8 Å². The van der Waals surface area contributed by atoms with E-state index >= 15 is 0 Å². The number of carbonyl (C=O) groups is 1. The zero-order chi connectivity index (χ0) is 12.1. The summed E-state index contributed by atoms with van der Waals surface area (Å²) in [5, 5.41) is 0. The lowest BCUT2D eigenvalue weighted by Gasteiger charge is -2.12. The van der Waals surface area contributed by atoms with Crippen LogP contribution in [0.2, 0.25) is 0 Å². The highest BCUT2D eigenvalue weighted by molar-refractivity contribution is 6.00. The van der Waals surface area contributed by atoms with E-state index in [0.29, 0.717) is 23.6 Å². The van der Waals surface area contributed by atoms with Gasteiger partial charge in [0.2, 0.25) is 0 Å². The van der Waals surface area contributed by atoms with Gasteiger partial charge in [-0.1, -0.05) is 0 Å². The van der Waals surface area contributed by atoms with Crippen molar-refractivity contribution in [1.82, 2.24) is 4.90 Å². The van der Waals surface area contributed by atoms with E-state index in [2.05, 4.69) is 0 Å². The van der Waals surface area contributed by atoms with E-state index in [1.54, 1.807) is 32.4 Å². The predicted octanol–water partition coefficient (Wildman–Crippen LogP) is 1.45. The van der Waals surface area contributed by atoms with Crippen LogP contribution in [0.25, 0.3) is 0 Å². The molecule has 4 nitrogen and oxygen atoms in total. The molecule has 0 radical (unpaired) electrons. The predicted molar refractivity (Wildman–Crippen MR) is 62.4 cm³/mol.